The van der Waals surface area contributed by atoms with Crippen LogP contribution in [0.5, 0.6) is 0 Å². The summed E-state index contributed by atoms with van der Waals surface area (Å²) >= 11 is 0. The SMILES string of the molecule is C#CN(CC1=COC(C)(C)O1)C(=O)C(F)(F)F. The Morgan fingerprint density at radius 3 is 2.53 bits per heavy atom. The van der Waals surface area contributed by atoms with Gasteiger partial charge in [-0.1, -0.05) is 6.42 Å². The molecule has 0 aromatic heterocycles. The molecule has 1 amide bonds. The van der Waals surface area contributed by atoms with E-state index in [1.165, 1.54) is 0 Å². The molecule has 1 aliphatic rings. The molecule has 94 valence electrons. The minimum Gasteiger partial charge on any atom is -0.457 e. The van der Waals surface area contributed by atoms with E-state index in [2.05, 4.69) is 0 Å². The largest absolute Gasteiger partial charge is 0.472 e. The van der Waals surface area contributed by atoms with E-state index in [0.717, 1.165) is 6.26 Å². The molecule has 0 spiro atoms. The van der Waals surface area contributed by atoms with Crippen LogP contribution in [0.25, 0.3) is 0 Å². The number of nitrogens with zero attached hydrogens (tertiary/aromatic N) is 1. The van der Waals surface area contributed by atoms with Gasteiger partial charge in [0.2, 0.25) is 5.79 Å². The van der Waals surface area contributed by atoms with Crippen molar-refractivity contribution in [3.8, 4) is 12.5 Å². The number of hydrogen-bond donors (Lipinski definition) is 0. The average Bonchev–Trinajstić information content (AvgIpc) is 2.52. The van der Waals surface area contributed by atoms with E-state index in [9.17, 15) is 18.0 Å². The molecular formula is C10H10F3NO3. The van der Waals surface area contributed by atoms with Crippen molar-refractivity contribution < 1.29 is 27.4 Å². The van der Waals surface area contributed by atoms with Gasteiger partial charge in [-0.2, -0.15) is 13.2 Å². The van der Waals surface area contributed by atoms with Gasteiger partial charge in [-0.25, -0.2) is 0 Å². The molecular weight excluding hydrogens is 239 g/mol. The standard InChI is InChI=1S/C10H10F3NO3/c1-4-14(8(15)10(11,12)13)5-7-6-16-9(2,3)17-7/h1,6H,5H2,2-3H3. The molecule has 0 atom stereocenters. The first-order chi connectivity index (χ1) is 7.65. The van der Waals surface area contributed by atoms with Gasteiger partial charge in [0.25, 0.3) is 0 Å². The van der Waals surface area contributed by atoms with Crippen LogP contribution in [0.4, 0.5) is 13.2 Å². The number of carbonyl (C=O) groups is 1. The van der Waals surface area contributed by atoms with Gasteiger partial charge in [0.15, 0.2) is 5.76 Å². The highest BCUT2D eigenvalue weighted by Gasteiger charge is 2.43. The average molecular weight is 249 g/mol. The van der Waals surface area contributed by atoms with Gasteiger partial charge in [-0.05, 0) is 0 Å². The summed E-state index contributed by atoms with van der Waals surface area (Å²) in [4.78, 5) is 11.1. The molecule has 7 heteroatoms. The number of halogens is 3. The second kappa shape index (κ2) is 4.20. The molecule has 1 aliphatic heterocycles. The van der Waals surface area contributed by atoms with Gasteiger partial charge in [-0.15, -0.1) is 0 Å². The Morgan fingerprint density at radius 1 is 1.59 bits per heavy atom. The van der Waals surface area contributed by atoms with E-state index in [1.807, 2.05) is 0 Å². The lowest BCUT2D eigenvalue weighted by molar-refractivity contribution is -0.182. The van der Waals surface area contributed by atoms with Gasteiger partial charge >= 0.3 is 12.1 Å². The fourth-order valence-corrected chi connectivity index (χ4v) is 1.13. The van der Waals surface area contributed by atoms with Crippen molar-refractivity contribution in [2.24, 2.45) is 0 Å². The van der Waals surface area contributed by atoms with Crippen LogP contribution in [0.2, 0.25) is 0 Å². The Hall–Kier alpha value is -1.84. The third-order valence-electron chi connectivity index (χ3n) is 1.81. The molecule has 0 aromatic carbocycles. The predicted molar refractivity (Wildman–Crippen MR) is 50.9 cm³/mol. The van der Waals surface area contributed by atoms with Gasteiger partial charge < -0.3 is 9.47 Å². The number of rotatable bonds is 2. The van der Waals surface area contributed by atoms with Crippen LogP contribution >= 0.6 is 0 Å². The number of amides is 1. The number of alkyl halides is 3. The molecule has 17 heavy (non-hydrogen) atoms. The van der Waals surface area contributed by atoms with Crippen LogP contribution in [0.15, 0.2) is 12.0 Å². The predicted octanol–water partition coefficient (Wildman–Crippen LogP) is 1.59. The van der Waals surface area contributed by atoms with E-state index in [0.29, 0.717) is 0 Å². The van der Waals surface area contributed by atoms with Crippen LogP contribution < -0.4 is 0 Å². The number of ether oxygens (including phenoxy) is 2. The van der Waals surface area contributed by atoms with E-state index >= 15 is 0 Å². The lowest BCUT2D eigenvalue weighted by atomic mass is 10.4. The van der Waals surface area contributed by atoms with Crippen molar-refractivity contribution in [1.82, 2.24) is 4.90 Å². The third-order valence-corrected chi connectivity index (χ3v) is 1.81. The summed E-state index contributed by atoms with van der Waals surface area (Å²) < 4.78 is 46.5. The Bertz CT molecular complexity index is 393. The first kappa shape index (κ1) is 13.2. The van der Waals surface area contributed by atoms with Crippen LogP contribution in [-0.4, -0.2) is 29.3 Å². The fourth-order valence-electron chi connectivity index (χ4n) is 1.13. The van der Waals surface area contributed by atoms with Crippen LogP contribution in [0.3, 0.4) is 0 Å². The van der Waals surface area contributed by atoms with Crippen molar-refractivity contribution in [3.63, 3.8) is 0 Å². The van der Waals surface area contributed by atoms with Crippen molar-refractivity contribution in [2.45, 2.75) is 25.8 Å². The minimum absolute atomic E-state index is 0.0607. The molecule has 0 radical (unpaired) electrons. The zero-order valence-corrected chi connectivity index (χ0v) is 9.17. The Morgan fingerprint density at radius 2 is 2.18 bits per heavy atom. The lowest BCUT2D eigenvalue weighted by Crippen LogP contribution is -2.39. The summed E-state index contributed by atoms with van der Waals surface area (Å²) in [7, 11) is 0. The fraction of sp³-hybridized carbons (Fsp3) is 0.500. The molecule has 1 heterocycles. The van der Waals surface area contributed by atoms with E-state index < -0.39 is 24.4 Å². The Labute approximate surface area is 96.0 Å². The van der Waals surface area contributed by atoms with Crippen LogP contribution in [0.1, 0.15) is 13.8 Å². The van der Waals surface area contributed by atoms with Gasteiger partial charge in [0.05, 0.1) is 6.54 Å². The highest BCUT2D eigenvalue weighted by molar-refractivity contribution is 5.83. The zero-order valence-electron chi connectivity index (χ0n) is 9.17. The third kappa shape index (κ3) is 3.31. The Kier molecular flexibility index (Phi) is 3.27. The minimum atomic E-state index is -5.01. The summed E-state index contributed by atoms with van der Waals surface area (Å²) in [5.41, 5.74) is 0. The topological polar surface area (TPSA) is 38.8 Å². The first-order valence-corrected chi connectivity index (χ1v) is 4.56. The monoisotopic (exact) mass is 249 g/mol. The molecule has 0 unspecified atom stereocenters. The second-order valence-corrected chi connectivity index (χ2v) is 3.72. The molecule has 4 nitrogen and oxygen atoms in total. The van der Waals surface area contributed by atoms with E-state index in [1.54, 1.807) is 19.9 Å². The van der Waals surface area contributed by atoms with Crippen molar-refractivity contribution in [2.75, 3.05) is 6.54 Å². The quantitative estimate of drug-likeness (QED) is 0.551. The summed E-state index contributed by atoms with van der Waals surface area (Å²) in [6.45, 7) is 2.66. The molecule has 0 saturated carbocycles. The van der Waals surface area contributed by atoms with Crippen molar-refractivity contribution in [1.29, 1.82) is 0 Å². The maximum Gasteiger partial charge on any atom is 0.472 e. The molecule has 0 saturated heterocycles. The van der Waals surface area contributed by atoms with Crippen molar-refractivity contribution >= 4 is 5.91 Å². The zero-order chi connectivity index (χ0) is 13.3. The first-order valence-electron chi connectivity index (χ1n) is 4.56. The summed E-state index contributed by atoms with van der Waals surface area (Å²) in [6, 6.07) is 1.65. The molecule has 0 aliphatic carbocycles. The molecule has 0 bridgehead atoms. The second-order valence-electron chi connectivity index (χ2n) is 3.72. The smallest absolute Gasteiger partial charge is 0.457 e. The van der Waals surface area contributed by atoms with E-state index in [-0.39, 0.29) is 10.7 Å². The summed E-state index contributed by atoms with van der Waals surface area (Å²) in [6.07, 6.45) is 0.969. The van der Waals surface area contributed by atoms with Gasteiger partial charge in [-0.3, -0.25) is 9.69 Å². The maximum atomic E-state index is 12.1. The number of terminal acetylenes is 1. The van der Waals surface area contributed by atoms with Gasteiger partial charge in [0.1, 0.15) is 6.26 Å². The Balaban J connectivity index is 2.68. The summed E-state index contributed by atoms with van der Waals surface area (Å²) in [5, 5.41) is 0. The molecule has 0 aromatic rings. The highest BCUT2D eigenvalue weighted by atomic mass is 19.4. The van der Waals surface area contributed by atoms with Crippen molar-refractivity contribution in [3.05, 3.63) is 12.0 Å². The highest BCUT2D eigenvalue weighted by Crippen LogP contribution is 2.26. The van der Waals surface area contributed by atoms with Crippen LogP contribution in [-0.2, 0) is 14.3 Å². The number of hydrogen-bond acceptors (Lipinski definition) is 3. The number of carbonyl (C=O) groups excluding carboxylic acids is 1. The van der Waals surface area contributed by atoms with Gasteiger partial charge in [0, 0.05) is 19.9 Å². The molecule has 0 N–H and O–H groups in total. The maximum absolute atomic E-state index is 12.1. The molecule has 1 rings (SSSR count). The molecule has 0 fully saturated rings. The van der Waals surface area contributed by atoms with Crippen LogP contribution in [0, 0.1) is 12.5 Å². The normalized spacial score (nSPS) is 17.5. The van der Waals surface area contributed by atoms with E-state index in [4.69, 9.17) is 15.9 Å². The summed E-state index contributed by atoms with van der Waals surface area (Å²) in [5.74, 6) is -3.02. The lowest BCUT2D eigenvalue weighted by Gasteiger charge is -2.20.